The quantitative estimate of drug-likeness (QED) is 0.693. The molecular weight excluding hydrogens is 220 g/mol. The summed E-state index contributed by atoms with van der Waals surface area (Å²) in [6.45, 7) is 1.59. The predicted molar refractivity (Wildman–Crippen MR) is 63.6 cm³/mol. The van der Waals surface area contributed by atoms with Crippen LogP contribution in [0.5, 0.6) is 0 Å². The third-order valence-electron chi connectivity index (χ3n) is 2.71. The summed E-state index contributed by atoms with van der Waals surface area (Å²) >= 11 is 0. The smallest absolute Gasteiger partial charge is 0.298 e. The van der Waals surface area contributed by atoms with Gasteiger partial charge in [-0.3, -0.25) is 4.79 Å². The van der Waals surface area contributed by atoms with Gasteiger partial charge in [0.25, 0.3) is 6.01 Å². The zero-order valence-corrected chi connectivity index (χ0v) is 9.14. The third-order valence-corrected chi connectivity index (χ3v) is 2.71. The summed E-state index contributed by atoms with van der Waals surface area (Å²) in [7, 11) is 0. The lowest BCUT2D eigenvalue weighted by atomic mass is 10.3. The fourth-order valence-corrected chi connectivity index (χ4v) is 1.87. The molecule has 1 amide bonds. The zero-order valence-electron chi connectivity index (χ0n) is 9.14. The summed E-state index contributed by atoms with van der Waals surface area (Å²) in [4.78, 5) is 17.4. The average molecular weight is 232 g/mol. The van der Waals surface area contributed by atoms with Gasteiger partial charge in [0.1, 0.15) is 12.1 Å². The normalized spacial score (nSPS) is 16.2. The van der Waals surface area contributed by atoms with E-state index in [1.54, 1.807) is 12.1 Å². The molecule has 0 radical (unpaired) electrons. The van der Waals surface area contributed by atoms with E-state index in [1.807, 2.05) is 11.0 Å². The SMILES string of the molecule is Nc1ccc2nc(N3CCNC(=O)C3)oc2c1. The van der Waals surface area contributed by atoms with Crippen molar-refractivity contribution in [2.75, 3.05) is 30.3 Å². The number of amides is 1. The second-order valence-corrected chi connectivity index (χ2v) is 4.00. The Balaban J connectivity index is 1.97. The van der Waals surface area contributed by atoms with Crippen molar-refractivity contribution < 1.29 is 9.21 Å². The Morgan fingerprint density at radius 1 is 1.47 bits per heavy atom. The highest BCUT2D eigenvalue weighted by Crippen LogP contribution is 2.23. The maximum Gasteiger partial charge on any atom is 0.298 e. The standard InChI is InChI=1S/C11H12N4O2/c12-7-1-2-8-9(5-7)17-11(14-8)15-4-3-13-10(16)6-15/h1-2,5H,3-4,6,12H2,(H,13,16). The summed E-state index contributed by atoms with van der Waals surface area (Å²) in [6.07, 6.45) is 0. The number of nitrogens with zero attached hydrogens (tertiary/aromatic N) is 2. The Labute approximate surface area is 97.4 Å². The van der Waals surface area contributed by atoms with Crippen molar-refractivity contribution >= 4 is 28.7 Å². The molecule has 0 spiro atoms. The van der Waals surface area contributed by atoms with Gasteiger partial charge in [-0.1, -0.05) is 0 Å². The lowest BCUT2D eigenvalue weighted by Gasteiger charge is -2.24. The first-order valence-corrected chi connectivity index (χ1v) is 5.40. The van der Waals surface area contributed by atoms with Gasteiger partial charge in [0.15, 0.2) is 5.58 Å². The second-order valence-electron chi connectivity index (χ2n) is 4.00. The molecule has 1 aromatic carbocycles. The molecule has 2 aromatic rings. The van der Waals surface area contributed by atoms with Crippen molar-refractivity contribution in [2.24, 2.45) is 0 Å². The van der Waals surface area contributed by atoms with Crippen LogP contribution in [0.3, 0.4) is 0 Å². The van der Waals surface area contributed by atoms with Crippen LogP contribution in [-0.4, -0.2) is 30.5 Å². The van der Waals surface area contributed by atoms with E-state index in [9.17, 15) is 4.79 Å². The zero-order chi connectivity index (χ0) is 11.8. The molecule has 1 aromatic heterocycles. The van der Waals surface area contributed by atoms with Crippen LogP contribution < -0.4 is 16.0 Å². The van der Waals surface area contributed by atoms with Crippen molar-refractivity contribution in [3.63, 3.8) is 0 Å². The average Bonchev–Trinajstić information content (AvgIpc) is 2.72. The van der Waals surface area contributed by atoms with Crippen LogP contribution in [0, 0.1) is 0 Å². The van der Waals surface area contributed by atoms with E-state index in [0.717, 1.165) is 5.52 Å². The van der Waals surface area contributed by atoms with E-state index in [1.165, 1.54) is 0 Å². The number of piperazine rings is 1. The summed E-state index contributed by atoms with van der Waals surface area (Å²) in [5, 5.41) is 2.75. The summed E-state index contributed by atoms with van der Waals surface area (Å²) in [5.41, 5.74) is 7.70. The Bertz CT molecular complexity index is 578. The highest BCUT2D eigenvalue weighted by atomic mass is 16.4. The summed E-state index contributed by atoms with van der Waals surface area (Å²) in [6, 6.07) is 5.79. The number of oxazole rings is 1. The number of nitrogens with two attached hydrogens (primary N) is 1. The van der Waals surface area contributed by atoms with Crippen molar-refractivity contribution in [2.45, 2.75) is 0 Å². The molecule has 6 heteroatoms. The number of benzene rings is 1. The number of carbonyl (C=O) groups is 1. The van der Waals surface area contributed by atoms with Crippen LogP contribution in [0.15, 0.2) is 22.6 Å². The van der Waals surface area contributed by atoms with Gasteiger partial charge in [0, 0.05) is 24.8 Å². The molecule has 0 aliphatic carbocycles. The molecule has 3 rings (SSSR count). The van der Waals surface area contributed by atoms with E-state index in [4.69, 9.17) is 10.2 Å². The fraction of sp³-hybridized carbons (Fsp3) is 0.273. The molecule has 1 fully saturated rings. The first-order valence-electron chi connectivity index (χ1n) is 5.40. The molecule has 88 valence electrons. The van der Waals surface area contributed by atoms with E-state index in [2.05, 4.69) is 10.3 Å². The van der Waals surface area contributed by atoms with Crippen molar-refractivity contribution in [3.8, 4) is 0 Å². The van der Waals surface area contributed by atoms with Crippen molar-refractivity contribution in [3.05, 3.63) is 18.2 Å². The maximum absolute atomic E-state index is 11.3. The molecule has 1 aliphatic rings. The number of hydrogen-bond donors (Lipinski definition) is 2. The third kappa shape index (κ3) is 1.77. The first-order chi connectivity index (χ1) is 8.22. The molecule has 17 heavy (non-hydrogen) atoms. The van der Waals surface area contributed by atoms with Gasteiger partial charge in [-0.05, 0) is 12.1 Å². The Morgan fingerprint density at radius 3 is 3.18 bits per heavy atom. The van der Waals surface area contributed by atoms with Crippen LogP contribution in [0.25, 0.3) is 11.1 Å². The first kappa shape index (κ1) is 9.95. The highest BCUT2D eigenvalue weighted by molar-refractivity contribution is 5.83. The van der Waals surface area contributed by atoms with E-state index < -0.39 is 0 Å². The van der Waals surface area contributed by atoms with Gasteiger partial charge in [-0.25, -0.2) is 0 Å². The van der Waals surface area contributed by atoms with E-state index in [0.29, 0.717) is 30.4 Å². The molecule has 6 nitrogen and oxygen atoms in total. The van der Waals surface area contributed by atoms with Crippen LogP contribution in [0.1, 0.15) is 0 Å². The largest absolute Gasteiger partial charge is 0.423 e. The van der Waals surface area contributed by atoms with Gasteiger partial charge < -0.3 is 20.4 Å². The van der Waals surface area contributed by atoms with Crippen LogP contribution in [-0.2, 0) is 4.79 Å². The number of carbonyl (C=O) groups excluding carboxylic acids is 1. The van der Waals surface area contributed by atoms with Gasteiger partial charge >= 0.3 is 0 Å². The minimum absolute atomic E-state index is 0.0157. The molecule has 0 saturated carbocycles. The fourth-order valence-electron chi connectivity index (χ4n) is 1.87. The minimum Gasteiger partial charge on any atom is -0.423 e. The number of anilines is 2. The number of aromatic nitrogens is 1. The van der Waals surface area contributed by atoms with Crippen LogP contribution >= 0.6 is 0 Å². The van der Waals surface area contributed by atoms with E-state index in [-0.39, 0.29) is 12.5 Å². The molecule has 1 aliphatic heterocycles. The van der Waals surface area contributed by atoms with Crippen molar-refractivity contribution in [1.82, 2.24) is 10.3 Å². The van der Waals surface area contributed by atoms with Gasteiger partial charge in [0.05, 0.1) is 0 Å². The Morgan fingerprint density at radius 2 is 2.35 bits per heavy atom. The molecule has 1 saturated heterocycles. The monoisotopic (exact) mass is 232 g/mol. The van der Waals surface area contributed by atoms with Gasteiger partial charge in [0.2, 0.25) is 5.91 Å². The summed E-state index contributed by atoms with van der Waals surface area (Å²) < 4.78 is 5.59. The number of nitrogen functional groups attached to an aromatic ring is 1. The number of fused-ring (bicyclic) bond motifs is 1. The van der Waals surface area contributed by atoms with E-state index >= 15 is 0 Å². The summed E-state index contributed by atoms with van der Waals surface area (Å²) in [5.74, 6) is -0.0157. The number of rotatable bonds is 1. The molecule has 0 bridgehead atoms. The number of hydrogen-bond acceptors (Lipinski definition) is 5. The Kier molecular flexibility index (Phi) is 2.14. The lowest BCUT2D eigenvalue weighted by Crippen LogP contribution is -2.47. The topological polar surface area (TPSA) is 84.4 Å². The molecule has 2 heterocycles. The lowest BCUT2D eigenvalue weighted by molar-refractivity contribution is -0.120. The second kappa shape index (κ2) is 3.65. The Hall–Kier alpha value is -2.24. The van der Waals surface area contributed by atoms with Gasteiger partial charge in [-0.15, -0.1) is 0 Å². The number of nitrogens with one attached hydrogen (secondary N) is 1. The maximum atomic E-state index is 11.3. The van der Waals surface area contributed by atoms with Crippen LogP contribution in [0.2, 0.25) is 0 Å². The van der Waals surface area contributed by atoms with Crippen LogP contribution in [0.4, 0.5) is 11.7 Å². The van der Waals surface area contributed by atoms with Crippen molar-refractivity contribution in [1.29, 1.82) is 0 Å². The molecular formula is C11H12N4O2. The molecule has 0 atom stereocenters. The highest BCUT2D eigenvalue weighted by Gasteiger charge is 2.20. The minimum atomic E-state index is -0.0157. The van der Waals surface area contributed by atoms with Gasteiger partial charge in [-0.2, -0.15) is 4.98 Å². The molecule has 3 N–H and O–H groups in total. The molecule has 0 unspecified atom stereocenters. The predicted octanol–water partition coefficient (Wildman–Crippen LogP) is 0.346.